The van der Waals surface area contributed by atoms with Gasteiger partial charge in [-0.25, -0.2) is 9.07 Å². The highest BCUT2D eigenvalue weighted by Gasteiger charge is 2.21. The molecule has 1 aliphatic rings. The fourth-order valence-electron chi connectivity index (χ4n) is 2.02. The average Bonchev–Trinajstić information content (AvgIpc) is 3.08. The van der Waals surface area contributed by atoms with Gasteiger partial charge in [0.1, 0.15) is 5.82 Å². The molecule has 1 aromatic heterocycles. The summed E-state index contributed by atoms with van der Waals surface area (Å²) in [5.41, 5.74) is 2.57. The van der Waals surface area contributed by atoms with E-state index in [0.29, 0.717) is 18.2 Å². The van der Waals surface area contributed by atoms with Gasteiger partial charge in [-0.1, -0.05) is 6.07 Å². The van der Waals surface area contributed by atoms with Crippen molar-refractivity contribution in [2.75, 3.05) is 0 Å². The highest BCUT2D eigenvalue weighted by molar-refractivity contribution is 5.41. The van der Waals surface area contributed by atoms with Crippen molar-refractivity contribution in [3.63, 3.8) is 0 Å². The summed E-state index contributed by atoms with van der Waals surface area (Å²) >= 11 is 0. The Hall–Kier alpha value is -1.68. The molecular weight excluding hydrogens is 229 g/mol. The maximum Gasteiger partial charge on any atom is 0.129 e. The molecule has 94 valence electrons. The van der Waals surface area contributed by atoms with Gasteiger partial charge in [-0.15, -0.1) is 0 Å². The number of benzene rings is 1. The minimum Gasteiger partial charge on any atom is -0.310 e. The van der Waals surface area contributed by atoms with Crippen LogP contribution in [0.15, 0.2) is 30.6 Å². The first-order valence-electron chi connectivity index (χ1n) is 6.26. The molecule has 1 aromatic carbocycles. The van der Waals surface area contributed by atoms with E-state index in [2.05, 4.69) is 10.4 Å². The van der Waals surface area contributed by atoms with Crippen LogP contribution >= 0.6 is 0 Å². The minimum atomic E-state index is -0.172. The molecule has 4 heteroatoms. The van der Waals surface area contributed by atoms with E-state index >= 15 is 0 Å². The van der Waals surface area contributed by atoms with E-state index < -0.39 is 0 Å². The van der Waals surface area contributed by atoms with Gasteiger partial charge in [0, 0.05) is 24.3 Å². The summed E-state index contributed by atoms with van der Waals surface area (Å²) in [6.07, 6.45) is 6.09. The van der Waals surface area contributed by atoms with Gasteiger partial charge in [0.25, 0.3) is 0 Å². The highest BCUT2D eigenvalue weighted by atomic mass is 19.1. The van der Waals surface area contributed by atoms with Gasteiger partial charge in [0.15, 0.2) is 0 Å². The summed E-state index contributed by atoms with van der Waals surface area (Å²) in [6.45, 7) is 2.54. The third-order valence-corrected chi connectivity index (χ3v) is 3.20. The molecule has 3 rings (SSSR count). The first kappa shape index (κ1) is 11.4. The molecule has 0 bridgehead atoms. The molecule has 1 saturated carbocycles. The Morgan fingerprint density at radius 2 is 2.28 bits per heavy atom. The number of hydrogen-bond donors (Lipinski definition) is 1. The Bertz CT molecular complexity index is 558. The lowest BCUT2D eigenvalue weighted by Crippen LogP contribution is -2.18. The normalized spacial score (nSPS) is 15.0. The molecule has 0 saturated heterocycles. The van der Waals surface area contributed by atoms with E-state index in [-0.39, 0.29) is 5.82 Å². The second kappa shape index (κ2) is 4.53. The van der Waals surface area contributed by atoms with Crippen LogP contribution in [0.1, 0.15) is 24.0 Å². The summed E-state index contributed by atoms with van der Waals surface area (Å²) in [5.74, 6) is -0.172. The van der Waals surface area contributed by atoms with Gasteiger partial charge < -0.3 is 5.32 Å². The molecule has 18 heavy (non-hydrogen) atoms. The van der Waals surface area contributed by atoms with Crippen molar-refractivity contribution >= 4 is 0 Å². The van der Waals surface area contributed by atoms with Crippen molar-refractivity contribution in [3.8, 4) is 5.69 Å². The number of nitrogens with zero attached hydrogens (tertiary/aromatic N) is 2. The first-order chi connectivity index (χ1) is 8.74. The fraction of sp³-hybridized carbons (Fsp3) is 0.357. The van der Waals surface area contributed by atoms with Crippen molar-refractivity contribution in [3.05, 3.63) is 47.5 Å². The molecule has 1 fully saturated rings. The molecule has 0 spiro atoms. The molecule has 0 unspecified atom stereocenters. The lowest BCUT2D eigenvalue weighted by atomic mass is 10.1. The molecule has 1 aliphatic carbocycles. The van der Waals surface area contributed by atoms with E-state index in [4.69, 9.17) is 0 Å². The average molecular weight is 245 g/mol. The van der Waals surface area contributed by atoms with Gasteiger partial charge in [-0.2, -0.15) is 5.10 Å². The largest absolute Gasteiger partial charge is 0.310 e. The van der Waals surface area contributed by atoms with Crippen LogP contribution in [0, 0.1) is 12.7 Å². The molecule has 0 amide bonds. The molecule has 1 N–H and O–H groups in total. The molecule has 0 radical (unpaired) electrons. The molecule has 2 aromatic rings. The van der Waals surface area contributed by atoms with Crippen molar-refractivity contribution < 1.29 is 4.39 Å². The molecule has 0 atom stereocenters. The Morgan fingerprint density at radius 3 is 2.94 bits per heavy atom. The van der Waals surface area contributed by atoms with Gasteiger partial charge >= 0.3 is 0 Å². The van der Waals surface area contributed by atoms with Crippen LogP contribution in [0.4, 0.5) is 4.39 Å². The zero-order valence-corrected chi connectivity index (χ0v) is 10.4. The fourth-order valence-corrected chi connectivity index (χ4v) is 2.02. The third kappa shape index (κ3) is 2.29. The number of nitrogens with one attached hydrogen (secondary N) is 1. The highest BCUT2D eigenvalue weighted by Crippen LogP contribution is 2.22. The quantitative estimate of drug-likeness (QED) is 0.897. The maximum atomic E-state index is 13.9. The van der Waals surface area contributed by atoms with Crippen molar-refractivity contribution in [1.82, 2.24) is 15.1 Å². The van der Waals surface area contributed by atoms with Crippen LogP contribution in [0.25, 0.3) is 5.69 Å². The summed E-state index contributed by atoms with van der Waals surface area (Å²) in [6, 6.07) is 5.70. The molecule has 1 heterocycles. The lowest BCUT2D eigenvalue weighted by molar-refractivity contribution is 0.582. The Labute approximate surface area is 106 Å². The molecular formula is C14H16FN3. The van der Waals surface area contributed by atoms with Crippen molar-refractivity contribution in [1.29, 1.82) is 0 Å². The summed E-state index contributed by atoms with van der Waals surface area (Å²) in [7, 11) is 0. The van der Waals surface area contributed by atoms with Gasteiger partial charge in [-0.05, 0) is 37.5 Å². The predicted octanol–water partition coefficient (Wildman–Crippen LogP) is 2.57. The standard InChI is InChI=1S/C14H16FN3/c1-10-7-17-18(9-10)14-4-2-3-13(15)12(14)8-16-11-5-6-11/h2-4,7,9,11,16H,5-6,8H2,1H3. The first-order valence-corrected chi connectivity index (χ1v) is 6.26. The van der Waals surface area contributed by atoms with Crippen molar-refractivity contribution in [2.45, 2.75) is 32.4 Å². The van der Waals surface area contributed by atoms with Crippen LogP contribution in [0.2, 0.25) is 0 Å². The third-order valence-electron chi connectivity index (χ3n) is 3.20. The van der Waals surface area contributed by atoms with Crippen LogP contribution in [0.5, 0.6) is 0 Å². The Morgan fingerprint density at radius 1 is 1.44 bits per heavy atom. The predicted molar refractivity (Wildman–Crippen MR) is 68.1 cm³/mol. The molecule has 0 aliphatic heterocycles. The second-order valence-corrected chi connectivity index (χ2v) is 4.85. The number of hydrogen-bond acceptors (Lipinski definition) is 2. The Kier molecular flexibility index (Phi) is 2.88. The van der Waals surface area contributed by atoms with Crippen LogP contribution in [-0.4, -0.2) is 15.8 Å². The number of aryl methyl sites for hydroxylation is 1. The van der Waals surface area contributed by atoms with E-state index in [1.54, 1.807) is 16.9 Å². The zero-order chi connectivity index (χ0) is 12.5. The van der Waals surface area contributed by atoms with E-state index in [1.165, 1.54) is 18.9 Å². The minimum absolute atomic E-state index is 0.172. The number of halogens is 1. The number of rotatable bonds is 4. The Balaban J connectivity index is 1.93. The van der Waals surface area contributed by atoms with Crippen LogP contribution < -0.4 is 5.32 Å². The summed E-state index contributed by atoms with van der Waals surface area (Å²) < 4.78 is 15.7. The molecule has 3 nitrogen and oxygen atoms in total. The van der Waals surface area contributed by atoms with E-state index in [0.717, 1.165) is 11.3 Å². The summed E-state index contributed by atoms with van der Waals surface area (Å²) in [5, 5.41) is 7.60. The second-order valence-electron chi connectivity index (χ2n) is 4.85. The zero-order valence-electron chi connectivity index (χ0n) is 10.4. The lowest BCUT2D eigenvalue weighted by Gasteiger charge is -2.11. The van der Waals surface area contributed by atoms with Crippen LogP contribution in [-0.2, 0) is 6.54 Å². The smallest absolute Gasteiger partial charge is 0.129 e. The SMILES string of the molecule is Cc1cnn(-c2cccc(F)c2CNC2CC2)c1. The number of aromatic nitrogens is 2. The van der Waals surface area contributed by atoms with Gasteiger partial charge in [0.2, 0.25) is 0 Å². The maximum absolute atomic E-state index is 13.9. The van der Waals surface area contributed by atoms with Gasteiger partial charge in [0.05, 0.1) is 11.9 Å². The van der Waals surface area contributed by atoms with Gasteiger partial charge in [-0.3, -0.25) is 0 Å². The van der Waals surface area contributed by atoms with E-state index in [9.17, 15) is 4.39 Å². The topological polar surface area (TPSA) is 29.9 Å². The van der Waals surface area contributed by atoms with E-state index in [1.807, 2.05) is 19.2 Å². The summed E-state index contributed by atoms with van der Waals surface area (Å²) in [4.78, 5) is 0. The van der Waals surface area contributed by atoms with Crippen LogP contribution in [0.3, 0.4) is 0 Å². The van der Waals surface area contributed by atoms with Crippen molar-refractivity contribution in [2.24, 2.45) is 0 Å². The monoisotopic (exact) mass is 245 g/mol.